The molecule has 7 aromatic rings. The Labute approximate surface area is 546 Å². The Bertz CT molecular complexity index is 4160. The summed E-state index contributed by atoms with van der Waals surface area (Å²) in [5, 5.41) is 20.0. The van der Waals surface area contributed by atoms with Gasteiger partial charge >= 0.3 is 11.9 Å². The molecule has 0 saturated carbocycles. The number of aryl methyl sites for hydroxylation is 4. The number of carbonyl (C=O) groups is 5. The lowest BCUT2D eigenvalue weighted by atomic mass is 9.84. The normalized spacial score (nSPS) is 14.8. The van der Waals surface area contributed by atoms with Crippen LogP contribution in [0.15, 0.2) is 104 Å². The van der Waals surface area contributed by atoms with Crippen molar-refractivity contribution < 1.29 is 48.0 Å². The SMILES string of the molecule is C=Cc1c(C)c2cc3nc(c(CC(=O)OC)c4nc(cc5[nH]c(cc1[nH]2)c(C)c5CC)C(C)=C4C(=O)O)[C@@H](CCC(=O)NCCOCCOCCOCCC(=O)N1CCN(Cc2ccc(C(=O)Nc4ccc(C)c(Nc5nccc(-c6cccnc6)n5)c4)cc2)CC1)[C@@H]3C. The highest BCUT2D eigenvalue weighted by atomic mass is 16.5. The summed E-state index contributed by atoms with van der Waals surface area (Å²) in [6, 6.07) is 24.8. The Kier molecular flexibility index (Phi) is 22.3. The quantitative estimate of drug-likeness (QED) is 0.0206. The maximum atomic E-state index is 13.5. The highest BCUT2D eigenvalue weighted by molar-refractivity contribution is 6.24. The molecule has 10 rings (SSSR count). The van der Waals surface area contributed by atoms with Crippen LogP contribution >= 0.6 is 0 Å². The molecular weight excluding hydrogens is 1190 g/mol. The zero-order valence-electron chi connectivity index (χ0n) is 54.4. The van der Waals surface area contributed by atoms with Crippen molar-refractivity contribution in [2.24, 2.45) is 0 Å². The number of pyridine rings is 1. The standard InChI is InChI=1S/C72H82N12O10/c1-9-52-44(4)58-38-60-46(6)54(68(79-60)55(37-66(87)91-8)69-67(71(89)90)47(7)61(80-69)40-63-53(10-2)45(5)59(78-63)39-62(52)77-58)19-20-64(85)74-25-31-93-33-35-94-34-32-92-30-22-65(86)84-28-26-83(27-29-84)42-48-14-16-49(17-15-48)70(88)76-51-18-13-43(3)57(36-51)82-72-75-24-21-56(81-72)50-12-11-23-73-41-50/h9,11-18,21,23-24,36,38-41,46,54,77-78H,1,10,19-20,22,25-35,37,42H2,2-8H3,(H,74,85)(H,76,88)(H,89,90)(H,75,81,82)/t46-,54-/m0/s1. The number of nitrogens with one attached hydrogen (secondary N) is 5. The Morgan fingerprint density at radius 1 is 0.766 bits per heavy atom. The Balaban J connectivity index is 0.632. The predicted molar refractivity (Wildman–Crippen MR) is 362 cm³/mol. The molecule has 8 bridgehead atoms. The fourth-order valence-corrected chi connectivity index (χ4v) is 12.2. The third-order valence-electron chi connectivity index (χ3n) is 17.7. The predicted octanol–water partition coefficient (Wildman–Crippen LogP) is 10.6. The first kappa shape index (κ1) is 67.2. The summed E-state index contributed by atoms with van der Waals surface area (Å²) in [4.78, 5) is 101. The molecule has 5 aromatic heterocycles. The molecule has 22 heteroatoms. The highest BCUT2D eigenvalue weighted by Crippen LogP contribution is 2.44. The number of H-pyrrole nitrogens is 2. The Morgan fingerprint density at radius 2 is 1.50 bits per heavy atom. The lowest BCUT2D eigenvalue weighted by Gasteiger charge is -2.34. The average molecular weight is 1280 g/mol. The number of amides is 3. The lowest BCUT2D eigenvalue weighted by Crippen LogP contribution is -2.48. The molecule has 3 amide bonds. The number of methoxy groups -OCH3 is 1. The van der Waals surface area contributed by atoms with E-state index in [1.165, 1.54) is 7.11 Å². The average Bonchev–Trinajstić information content (AvgIpc) is 1.61. The minimum atomic E-state index is -1.19. The van der Waals surface area contributed by atoms with E-state index in [-0.39, 0.29) is 73.9 Å². The molecule has 490 valence electrons. The number of carboxylic acid groups (broad SMARTS) is 1. The van der Waals surface area contributed by atoms with Crippen LogP contribution in [0.3, 0.4) is 0 Å². The van der Waals surface area contributed by atoms with Gasteiger partial charge in [-0.2, -0.15) is 0 Å². The minimum Gasteiger partial charge on any atom is -0.478 e. The second-order valence-electron chi connectivity index (χ2n) is 23.7. The maximum absolute atomic E-state index is 13.5. The molecule has 3 aliphatic rings. The summed E-state index contributed by atoms with van der Waals surface area (Å²) >= 11 is 0. The van der Waals surface area contributed by atoms with Crippen LogP contribution in [0, 0.1) is 20.8 Å². The van der Waals surface area contributed by atoms with Crippen LogP contribution < -0.4 is 16.0 Å². The molecule has 2 atom stereocenters. The number of carboxylic acids is 1. The lowest BCUT2D eigenvalue weighted by molar-refractivity contribution is -0.140. The number of hydrogen-bond donors (Lipinski definition) is 6. The number of fused-ring (bicyclic) bond motifs is 8. The van der Waals surface area contributed by atoms with Gasteiger partial charge in [0.2, 0.25) is 17.8 Å². The van der Waals surface area contributed by atoms with Gasteiger partial charge in [-0.05, 0) is 135 Å². The van der Waals surface area contributed by atoms with E-state index in [1.807, 2.05) is 105 Å². The molecule has 3 aliphatic heterocycles. The van der Waals surface area contributed by atoms with Crippen LogP contribution in [0.5, 0.6) is 0 Å². The van der Waals surface area contributed by atoms with Crippen molar-refractivity contribution in [2.75, 3.05) is 90.1 Å². The van der Waals surface area contributed by atoms with Crippen molar-refractivity contribution in [1.82, 2.24) is 50.0 Å². The van der Waals surface area contributed by atoms with Gasteiger partial charge in [0.1, 0.15) is 0 Å². The molecule has 1 saturated heterocycles. The molecule has 2 aromatic carbocycles. The monoisotopic (exact) mass is 1270 g/mol. The van der Waals surface area contributed by atoms with Crippen LogP contribution in [0.1, 0.15) is 124 Å². The third-order valence-corrected chi connectivity index (χ3v) is 17.7. The zero-order chi connectivity index (χ0) is 66.4. The topological polar surface area (TPSA) is 281 Å². The number of benzene rings is 2. The fourth-order valence-electron chi connectivity index (χ4n) is 12.2. The van der Waals surface area contributed by atoms with E-state index in [0.29, 0.717) is 104 Å². The van der Waals surface area contributed by atoms with Crippen LogP contribution in [-0.2, 0) is 57.5 Å². The van der Waals surface area contributed by atoms with Crippen molar-refractivity contribution in [1.29, 1.82) is 0 Å². The van der Waals surface area contributed by atoms with Gasteiger partial charge in [0.05, 0.1) is 87.9 Å². The molecule has 22 nitrogen and oxygen atoms in total. The number of allylic oxidation sites excluding steroid dienone is 1. The van der Waals surface area contributed by atoms with Crippen molar-refractivity contribution in [3.05, 3.63) is 171 Å². The number of hydrogen-bond acceptors (Lipinski definition) is 16. The van der Waals surface area contributed by atoms with Crippen LogP contribution in [0.4, 0.5) is 17.3 Å². The van der Waals surface area contributed by atoms with Crippen molar-refractivity contribution in [3.63, 3.8) is 0 Å². The number of nitrogens with zero attached hydrogens (tertiary/aromatic N) is 7. The van der Waals surface area contributed by atoms with E-state index in [9.17, 15) is 29.1 Å². The van der Waals surface area contributed by atoms with Gasteiger partial charge in [0, 0.05) is 138 Å². The number of ether oxygens (including phenoxy) is 4. The van der Waals surface area contributed by atoms with Gasteiger partial charge in [-0.3, -0.25) is 34.0 Å². The summed E-state index contributed by atoms with van der Waals surface area (Å²) in [7, 11) is 1.29. The van der Waals surface area contributed by atoms with E-state index in [1.54, 1.807) is 25.5 Å². The number of carbonyl (C=O) groups excluding carboxylic acids is 4. The van der Waals surface area contributed by atoms with Crippen molar-refractivity contribution >= 4 is 86.3 Å². The number of aliphatic carboxylic acids is 1. The van der Waals surface area contributed by atoms with Crippen LogP contribution in [0.25, 0.3) is 50.5 Å². The zero-order valence-corrected chi connectivity index (χ0v) is 54.4. The molecule has 0 spiro atoms. The summed E-state index contributed by atoms with van der Waals surface area (Å²) in [5.74, 6) is -2.37. The van der Waals surface area contributed by atoms with Gasteiger partial charge in [-0.25, -0.2) is 19.7 Å². The molecule has 8 heterocycles. The summed E-state index contributed by atoms with van der Waals surface area (Å²) in [6.45, 7) is 21.5. The van der Waals surface area contributed by atoms with Crippen molar-refractivity contribution in [3.8, 4) is 11.3 Å². The highest BCUT2D eigenvalue weighted by Gasteiger charge is 2.36. The Hall–Kier alpha value is -9.74. The van der Waals surface area contributed by atoms with Gasteiger partial charge in [-0.15, -0.1) is 0 Å². The van der Waals surface area contributed by atoms with Gasteiger partial charge in [-0.1, -0.05) is 44.7 Å². The first-order valence-corrected chi connectivity index (χ1v) is 31.9. The van der Waals surface area contributed by atoms with Gasteiger partial charge in [0.15, 0.2) is 0 Å². The number of aromatic amines is 2. The van der Waals surface area contributed by atoms with E-state index in [2.05, 4.69) is 72.3 Å². The molecule has 94 heavy (non-hydrogen) atoms. The Morgan fingerprint density at radius 3 is 2.21 bits per heavy atom. The van der Waals surface area contributed by atoms with Crippen molar-refractivity contribution in [2.45, 2.75) is 92.0 Å². The first-order chi connectivity index (χ1) is 45.5. The maximum Gasteiger partial charge on any atom is 0.338 e. The smallest absolute Gasteiger partial charge is 0.338 e. The van der Waals surface area contributed by atoms with Crippen LogP contribution in [-0.4, -0.2) is 159 Å². The van der Waals surface area contributed by atoms with E-state index < -0.39 is 17.9 Å². The second-order valence-corrected chi connectivity index (χ2v) is 23.7. The number of piperazine rings is 1. The van der Waals surface area contributed by atoms with Gasteiger partial charge in [0.25, 0.3) is 5.91 Å². The molecule has 1 fully saturated rings. The first-order valence-electron chi connectivity index (χ1n) is 31.9. The molecule has 0 radical (unpaired) electrons. The number of rotatable bonds is 27. The number of aromatic nitrogens is 7. The second kappa shape index (κ2) is 31.3. The third kappa shape index (κ3) is 16.2. The largest absolute Gasteiger partial charge is 0.478 e. The summed E-state index contributed by atoms with van der Waals surface area (Å²) < 4.78 is 22.4. The summed E-state index contributed by atoms with van der Waals surface area (Å²) in [5.41, 5.74) is 15.5. The van der Waals surface area contributed by atoms with E-state index in [0.717, 1.165) is 85.5 Å². The number of anilines is 3. The summed E-state index contributed by atoms with van der Waals surface area (Å²) in [6.07, 6.45) is 8.14. The van der Waals surface area contributed by atoms with E-state index >= 15 is 0 Å². The molecule has 0 unspecified atom stereocenters. The fraction of sp³-hybridized carbons (Fsp3) is 0.361. The molecule has 6 N–H and O–H groups in total. The minimum absolute atomic E-state index is 0.0259. The number of esters is 1. The molecular formula is C72H82N12O10. The van der Waals surface area contributed by atoms with Crippen LogP contribution in [0.2, 0.25) is 0 Å². The molecule has 0 aliphatic carbocycles. The van der Waals surface area contributed by atoms with E-state index in [4.69, 9.17) is 28.9 Å². The van der Waals surface area contributed by atoms with Gasteiger partial charge < -0.3 is 54.9 Å².